The van der Waals surface area contributed by atoms with E-state index in [4.69, 9.17) is 34.8 Å². The first-order valence-electron chi connectivity index (χ1n) is 5.87. The van der Waals surface area contributed by atoms with Crippen LogP contribution >= 0.6 is 34.8 Å². The van der Waals surface area contributed by atoms with E-state index in [1.54, 1.807) is 23.1 Å². The molecule has 0 spiro atoms. The average molecular weight is 334 g/mol. The van der Waals surface area contributed by atoms with Crippen molar-refractivity contribution in [2.24, 2.45) is 0 Å². The summed E-state index contributed by atoms with van der Waals surface area (Å²) < 4.78 is 0. The largest absolute Gasteiger partial charge is 0.375 e. The Bertz CT molecular complexity index is 507. The van der Waals surface area contributed by atoms with Crippen molar-refractivity contribution in [2.45, 2.75) is 0 Å². The molecule has 0 atom stereocenters. The Morgan fingerprint density at radius 2 is 1.65 bits per heavy atom. The van der Waals surface area contributed by atoms with Crippen molar-refractivity contribution in [3.63, 3.8) is 0 Å². The van der Waals surface area contributed by atoms with Crippen LogP contribution in [0.3, 0.4) is 0 Å². The molecule has 1 amide bonds. The van der Waals surface area contributed by atoms with Gasteiger partial charge in [-0.1, -0.05) is 47.0 Å². The van der Waals surface area contributed by atoms with Crippen LogP contribution < -0.4 is 5.32 Å². The zero-order chi connectivity index (χ0) is 15.1. The van der Waals surface area contributed by atoms with Gasteiger partial charge >= 0.3 is 0 Å². The molecule has 0 bridgehead atoms. The van der Waals surface area contributed by atoms with Gasteiger partial charge in [0, 0.05) is 13.1 Å². The van der Waals surface area contributed by atoms with Crippen LogP contribution in [-0.4, -0.2) is 30.4 Å². The minimum atomic E-state index is -0.0908. The molecule has 0 aliphatic heterocycles. The van der Waals surface area contributed by atoms with E-state index >= 15 is 0 Å². The molecule has 1 N–H and O–H groups in total. The fraction of sp³-hybridized carbons (Fsp3) is 0.214. The second kappa shape index (κ2) is 8.20. The quantitative estimate of drug-likeness (QED) is 0.597. The zero-order valence-corrected chi connectivity index (χ0v) is 13.1. The van der Waals surface area contributed by atoms with Gasteiger partial charge < -0.3 is 10.2 Å². The zero-order valence-electron chi connectivity index (χ0n) is 10.8. The minimum absolute atomic E-state index is 0.0908. The van der Waals surface area contributed by atoms with Gasteiger partial charge in [0.15, 0.2) is 0 Å². The molecule has 0 unspecified atom stereocenters. The maximum absolute atomic E-state index is 12.0. The Kier molecular flexibility index (Phi) is 6.93. The Morgan fingerprint density at radius 1 is 1.10 bits per heavy atom. The number of halogens is 3. The number of nitrogens with one attached hydrogen (secondary N) is 1. The van der Waals surface area contributed by atoms with Gasteiger partial charge in [0.05, 0.1) is 27.3 Å². The topological polar surface area (TPSA) is 32.3 Å². The van der Waals surface area contributed by atoms with Crippen molar-refractivity contribution in [3.05, 3.63) is 52.5 Å². The summed E-state index contributed by atoms with van der Waals surface area (Å²) in [5.41, 5.74) is 0.562. The lowest BCUT2D eigenvalue weighted by Gasteiger charge is -2.20. The van der Waals surface area contributed by atoms with Crippen molar-refractivity contribution in [3.8, 4) is 0 Å². The molecular weight excluding hydrogens is 319 g/mol. The summed E-state index contributed by atoms with van der Waals surface area (Å²) in [7, 11) is 0. The van der Waals surface area contributed by atoms with Gasteiger partial charge in [0.2, 0.25) is 5.91 Å². The van der Waals surface area contributed by atoms with Gasteiger partial charge in [-0.2, -0.15) is 0 Å². The molecule has 0 aliphatic carbocycles. The van der Waals surface area contributed by atoms with Gasteiger partial charge in [-0.15, -0.1) is 13.2 Å². The normalized spacial score (nSPS) is 9.95. The molecule has 0 saturated heterocycles. The van der Waals surface area contributed by atoms with Crippen LogP contribution in [0.5, 0.6) is 0 Å². The summed E-state index contributed by atoms with van der Waals surface area (Å²) >= 11 is 17.8. The van der Waals surface area contributed by atoms with E-state index in [-0.39, 0.29) is 12.5 Å². The molecule has 0 fully saturated rings. The van der Waals surface area contributed by atoms with Crippen molar-refractivity contribution < 1.29 is 4.79 Å². The van der Waals surface area contributed by atoms with E-state index in [2.05, 4.69) is 18.5 Å². The summed E-state index contributed by atoms with van der Waals surface area (Å²) in [6.07, 6.45) is 3.32. The van der Waals surface area contributed by atoms with E-state index in [1.165, 1.54) is 6.07 Å². The molecule has 0 saturated carbocycles. The maximum atomic E-state index is 12.0. The number of hydrogen-bond acceptors (Lipinski definition) is 2. The van der Waals surface area contributed by atoms with Crippen molar-refractivity contribution >= 4 is 46.4 Å². The molecule has 0 radical (unpaired) electrons. The number of benzene rings is 1. The molecule has 3 nitrogen and oxygen atoms in total. The highest BCUT2D eigenvalue weighted by Gasteiger charge is 2.12. The van der Waals surface area contributed by atoms with E-state index in [1.807, 2.05) is 0 Å². The van der Waals surface area contributed by atoms with E-state index in [9.17, 15) is 4.79 Å². The number of carbonyl (C=O) groups is 1. The van der Waals surface area contributed by atoms with Crippen molar-refractivity contribution in [1.29, 1.82) is 0 Å². The predicted molar refractivity (Wildman–Crippen MR) is 86.9 cm³/mol. The number of hydrogen-bond donors (Lipinski definition) is 1. The Morgan fingerprint density at radius 3 is 2.20 bits per heavy atom. The number of nitrogens with zero attached hydrogens (tertiary/aromatic N) is 1. The molecule has 1 aromatic carbocycles. The predicted octanol–water partition coefficient (Wildman–Crippen LogP) is 4.26. The first kappa shape index (κ1) is 16.9. The highest BCUT2D eigenvalue weighted by atomic mass is 35.5. The van der Waals surface area contributed by atoms with Crippen molar-refractivity contribution in [2.75, 3.05) is 25.0 Å². The third-order valence-electron chi connectivity index (χ3n) is 2.49. The number of rotatable bonds is 7. The van der Waals surface area contributed by atoms with Crippen LogP contribution in [0.15, 0.2) is 37.4 Å². The molecule has 1 aromatic rings. The number of anilines is 1. The molecule has 108 valence electrons. The lowest BCUT2D eigenvalue weighted by molar-refractivity contribution is -0.128. The first-order chi connectivity index (χ1) is 9.49. The van der Waals surface area contributed by atoms with Crippen LogP contribution in [0.4, 0.5) is 5.69 Å². The Hall–Kier alpha value is -1.16. The summed E-state index contributed by atoms with van der Waals surface area (Å²) in [5.74, 6) is -0.0908. The smallest absolute Gasteiger partial charge is 0.242 e. The van der Waals surface area contributed by atoms with Crippen LogP contribution in [-0.2, 0) is 4.79 Å². The second-order valence-corrected chi connectivity index (χ2v) is 5.20. The highest BCUT2D eigenvalue weighted by molar-refractivity contribution is 6.44. The number of carbonyl (C=O) groups excluding carboxylic acids is 1. The summed E-state index contributed by atoms with van der Waals surface area (Å²) in [5, 5.41) is 4.10. The molecule has 0 heterocycles. The monoisotopic (exact) mass is 332 g/mol. The Labute approximate surface area is 133 Å². The van der Waals surface area contributed by atoms with Gasteiger partial charge in [-0.25, -0.2) is 0 Å². The molecule has 1 rings (SSSR count). The van der Waals surface area contributed by atoms with Crippen LogP contribution in [0.25, 0.3) is 0 Å². The van der Waals surface area contributed by atoms with E-state index < -0.39 is 0 Å². The lowest BCUT2D eigenvalue weighted by Crippen LogP contribution is -2.35. The van der Waals surface area contributed by atoms with Crippen LogP contribution in [0.2, 0.25) is 15.1 Å². The van der Waals surface area contributed by atoms with E-state index in [0.717, 1.165) is 0 Å². The Balaban J connectivity index is 2.70. The lowest BCUT2D eigenvalue weighted by atomic mass is 10.3. The fourth-order valence-electron chi connectivity index (χ4n) is 1.53. The second-order valence-electron chi connectivity index (χ2n) is 3.98. The highest BCUT2D eigenvalue weighted by Crippen LogP contribution is 2.32. The van der Waals surface area contributed by atoms with Gasteiger partial charge in [0.25, 0.3) is 0 Å². The standard InChI is InChI=1S/C14H15Cl3N2O/c1-3-5-19(6-4-2)14(20)9-18-13-8-11(16)10(15)7-12(13)17/h3-4,7-8,18H,1-2,5-6,9H2. The van der Waals surface area contributed by atoms with Gasteiger partial charge in [0.1, 0.15) is 0 Å². The van der Waals surface area contributed by atoms with Gasteiger partial charge in [-0.3, -0.25) is 4.79 Å². The minimum Gasteiger partial charge on any atom is -0.375 e. The van der Waals surface area contributed by atoms with Crippen molar-refractivity contribution in [1.82, 2.24) is 4.90 Å². The third kappa shape index (κ3) is 4.75. The SMILES string of the molecule is C=CCN(CC=C)C(=O)CNc1cc(Cl)c(Cl)cc1Cl. The molecule has 0 aliphatic rings. The number of amides is 1. The molecule has 6 heteroatoms. The van der Waals surface area contributed by atoms with Crippen LogP contribution in [0, 0.1) is 0 Å². The molecule has 20 heavy (non-hydrogen) atoms. The summed E-state index contributed by atoms with van der Waals surface area (Å²) in [6.45, 7) is 8.25. The first-order valence-corrected chi connectivity index (χ1v) is 7.01. The average Bonchev–Trinajstić information content (AvgIpc) is 2.41. The maximum Gasteiger partial charge on any atom is 0.242 e. The van der Waals surface area contributed by atoms with Gasteiger partial charge in [-0.05, 0) is 12.1 Å². The molecule has 0 aromatic heterocycles. The third-order valence-corrected chi connectivity index (χ3v) is 3.53. The fourth-order valence-corrected chi connectivity index (χ4v) is 2.14. The van der Waals surface area contributed by atoms with Crippen LogP contribution in [0.1, 0.15) is 0 Å². The summed E-state index contributed by atoms with van der Waals surface area (Å²) in [6, 6.07) is 3.12. The summed E-state index contributed by atoms with van der Waals surface area (Å²) in [4.78, 5) is 13.6. The molecular formula is C14H15Cl3N2O. The van der Waals surface area contributed by atoms with E-state index in [0.29, 0.717) is 33.8 Å².